The lowest BCUT2D eigenvalue weighted by Crippen LogP contribution is -2.38. The summed E-state index contributed by atoms with van der Waals surface area (Å²) in [6, 6.07) is 20.4. The van der Waals surface area contributed by atoms with Crippen LogP contribution in [0.15, 0.2) is 60.7 Å². The standard InChI is InChI=1S/C20H23NO2/c22-15-18-12-7-13-21(18)20(23)14-19(16-8-3-1-4-9-16)17-10-5-2-6-11-17/h1-6,8-11,18-19,22H,7,12-15H2/t18-/m1/s1. The van der Waals surface area contributed by atoms with Crippen LogP contribution in [0.3, 0.4) is 0 Å². The molecule has 0 aliphatic carbocycles. The molecular weight excluding hydrogens is 286 g/mol. The smallest absolute Gasteiger partial charge is 0.223 e. The Labute approximate surface area is 137 Å². The molecule has 1 atom stereocenters. The fraction of sp³-hybridized carbons (Fsp3) is 0.350. The van der Waals surface area contributed by atoms with Gasteiger partial charge in [-0.05, 0) is 24.0 Å². The van der Waals surface area contributed by atoms with E-state index in [2.05, 4.69) is 24.3 Å². The normalized spacial score (nSPS) is 17.7. The molecule has 1 N–H and O–H groups in total. The Morgan fingerprint density at radius 2 is 1.61 bits per heavy atom. The minimum Gasteiger partial charge on any atom is -0.394 e. The number of carbonyl (C=O) groups excluding carboxylic acids is 1. The van der Waals surface area contributed by atoms with Crippen molar-refractivity contribution in [2.45, 2.75) is 31.2 Å². The highest BCUT2D eigenvalue weighted by Crippen LogP contribution is 2.30. The van der Waals surface area contributed by atoms with Gasteiger partial charge in [0.05, 0.1) is 12.6 Å². The van der Waals surface area contributed by atoms with Gasteiger partial charge in [0.15, 0.2) is 0 Å². The molecular formula is C20H23NO2. The van der Waals surface area contributed by atoms with E-state index in [0.717, 1.165) is 30.5 Å². The Balaban J connectivity index is 1.83. The first-order chi connectivity index (χ1) is 11.3. The molecule has 0 spiro atoms. The van der Waals surface area contributed by atoms with Crippen LogP contribution in [0.4, 0.5) is 0 Å². The van der Waals surface area contributed by atoms with Crippen molar-refractivity contribution in [1.82, 2.24) is 4.90 Å². The van der Waals surface area contributed by atoms with Crippen LogP contribution in [0.2, 0.25) is 0 Å². The molecule has 1 heterocycles. The fourth-order valence-corrected chi connectivity index (χ4v) is 3.44. The molecule has 23 heavy (non-hydrogen) atoms. The van der Waals surface area contributed by atoms with E-state index in [1.807, 2.05) is 41.3 Å². The number of rotatable bonds is 5. The SMILES string of the molecule is O=C(CC(c1ccccc1)c1ccccc1)N1CCC[C@@H]1CO. The van der Waals surface area contributed by atoms with E-state index in [-0.39, 0.29) is 24.5 Å². The van der Waals surface area contributed by atoms with Gasteiger partial charge in [0.2, 0.25) is 5.91 Å². The van der Waals surface area contributed by atoms with Crippen molar-refractivity contribution >= 4 is 5.91 Å². The monoisotopic (exact) mass is 309 g/mol. The first-order valence-electron chi connectivity index (χ1n) is 8.30. The van der Waals surface area contributed by atoms with Gasteiger partial charge >= 0.3 is 0 Å². The van der Waals surface area contributed by atoms with Crippen molar-refractivity contribution in [3.63, 3.8) is 0 Å². The average Bonchev–Trinajstić information content (AvgIpc) is 3.10. The van der Waals surface area contributed by atoms with E-state index in [0.29, 0.717) is 6.42 Å². The molecule has 0 saturated carbocycles. The molecule has 0 radical (unpaired) electrons. The van der Waals surface area contributed by atoms with Gasteiger partial charge in [-0.3, -0.25) is 4.79 Å². The van der Waals surface area contributed by atoms with Crippen molar-refractivity contribution in [2.75, 3.05) is 13.2 Å². The lowest BCUT2D eigenvalue weighted by molar-refractivity contribution is -0.132. The highest BCUT2D eigenvalue weighted by Gasteiger charge is 2.30. The average molecular weight is 309 g/mol. The molecule has 3 heteroatoms. The quantitative estimate of drug-likeness (QED) is 0.921. The van der Waals surface area contributed by atoms with Crippen LogP contribution < -0.4 is 0 Å². The van der Waals surface area contributed by atoms with Crippen LogP contribution in [-0.4, -0.2) is 35.1 Å². The number of aliphatic hydroxyl groups excluding tert-OH is 1. The minimum absolute atomic E-state index is 0.00491. The summed E-state index contributed by atoms with van der Waals surface area (Å²) in [5.41, 5.74) is 2.32. The summed E-state index contributed by atoms with van der Waals surface area (Å²) in [5.74, 6) is 0.198. The third-order valence-corrected chi connectivity index (χ3v) is 4.69. The predicted molar refractivity (Wildman–Crippen MR) is 91.2 cm³/mol. The van der Waals surface area contributed by atoms with E-state index >= 15 is 0 Å². The molecule has 2 aromatic carbocycles. The summed E-state index contributed by atoms with van der Waals surface area (Å²) in [6.45, 7) is 0.827. The highest BCUT2D eigenvalue weighted by atomic mass is 16.3. The second-order valence-electron chi connectivity index (χ2n) is 6.14. The van der Waals surface area contributed by atoms with Crippen molar-refractivity contribution in [3.8, 4) is 0 Å². The molecule has 3 nitrogen and oxygen atoms in total. The molecule has 1 aliphatic heterocycles. The molecule has 1 aliphatic rings. The largest absolute Gasteiger partial charge is 0.394 e. The van der Waals surface area contributed by atoms with Crippen LogP contribution in [0, 0.1) is 0 Å². The molecule has 1 fully saturated rings. The van der Waals surface area contributed by atoms with Crippen molar-refractivity contribution in [2.24, 2.45) is 0 Å². The van der Waals surface area contributed by atoms with Crippen LogP contribution in [0.1, 0.15) is 36.3 Å². The summed E-state index contributed by atoms with van der Waals surface area (Å²) in [6.07, 6.45) is 2.34. The summed E-state index contributed by atoms with van der Waals surface area (Å²) in [5, 5.41) is 9.46. The number of hydrogen-bond acceptors (Lipinski definition) is 2. The van der Waals surface area contributed by atoms with Gasteiger partial charge in [0.1, 0.15) is 0 Å². The van der Waals surface area contributed by atoms with Gasteiger partial charge < -0.3 is 10.0 Å². The third kappa shape index (κ3) is 3.62. The van der Waals surface area contributed by atoms with Crippen LogP contribution in [0.5, 0.6) is 0 Å². The maximum absolute atomic E-state index is 12.8. The van der Waals surface area contributed by atoms with Gasteiger partial charge in [-0.1, -0.05) is 60.7 Å². The number of likely N-dealkylation sites (tertiary alicyclic amines) is 1. The Hall–Kier alpha value is -2.13. The first-order valence-corrected chi connectivity index (χ1v) is 8.30. The fourth-order valence-electron chi connectivity index (χ4n) is 3.44. The molecule has 1 amide bonds. The maximum atomic E-state index is 12.8. The van der Waals surface area contributed by atoms with E-state index in [1.165, 1.54) is 0 Å². The Morgan fingerprint density at radius 3 is 2.13 bits per heavy atom. The summed E-state index contributed by atoms with van der Waals surface area (Å²) in [4.78, 5) is 14.6. The Bertz CT molecular complexity index is 587. The third-order valence-electron chi connectivity index (χ3n) is 4.69. The number of amides is 1. The van der Waals surface area contributed by atoms with E-state index in [4.69, 9.17) is 0 Å². The van der Waals surface area contributed by atoms with Crippen LogP contribution in [-0.2, 0) is 4.79 Å². The van der Waals surface area contributed by atoms with Gasteiger partial charge in [0.25, 0.3) is 0 Å². The minimum atomic E-state index is -0.00491. The zero-order valence-corrected chi connectivity index (χ0v) is 13.3. The topological polar surface area (TPSA) is 40.5 Å². The number of aliphatic hydroxyl groups is 1. The lowest BCUT2D eigenvalue weighted by Gasteiger charge is -2.26. The zero-order valence-electron chi connectivity index (χ0n) is 13.3. The summed E-state index contributed by atoms with van der Waals surface area (Å²) in [7, 11) is 0. The van der Waals surface area contributed by atoms with Gasteiger partial charge in [-0.25, -0.2) is 0 Å². The Morgan fingerprint density at radius 1 is 1.04 bits per heavy atom. The number of carbonyl (C=O) groups is 1. The maximum Gasteiger partial charge on any atom is 0.223 e. The number of nitrogens with zero attached hydrogens (tertiary/aromatic N) is 1. The van der Waals surface area contributed by atoms with Crippen LogP contribution in [0.25, 0.3) is 0 Å². The molecule has 3 rings (SSSR count). The first kappa shape index (κ1) is 15.8. The molecule has 120 valence electrons. The Kier molecular flexibility index (Phi) is 5.09. The van der Waals surface area contributed by atoms with Gasteiger partial charge in [-0.2, -0.15) is 0 Å². The molecule has 1 saturated heterocycles. The molecule has 0 unspecified atom stereocenters. The lowest BCUT2D eigenvalue weighted by atomic mass is 9.88. The number of hydrogen-bond donors (Lipinski definition) is 1. The van der Waals surface area contributed by atoms with Crippen LogP contribution >= 0.6 is 0 Å². The zero-order chi connectivity index (χ0) is 16.1. The van der Waals surface area contributed by atoms with E-state index in [1.54, 1.807) is 0 Å². The predicted octanol–water partition coefficient (Wildman–Crippen LogP) is 3.19. The number of benzene rings is 2. The van der Waals surface area contributed by atoms with Crippen molar-refractivity contribution < 1.29 is 9.90 Å². The van der Waals surface area contributed by atoms with E-state index in [9.17, 15) is 9.90 Å². The highest BCUT2D eigenvalue weighted by molar-refractivity contribution is 5.78. The second kappa shape index (κ2) is 7.42. The second-order valence-corrected chi connectivity index (χ2v) is 6.14. The summed E-state index contributed by atoms with van der Waals surface area (Å²) >= 11 is 0. The summed E-state index contributed by atoms with van der Waals surface area (Å²) < 4.78 is 0. The van der Waals surface area contributed by atoms with Crippen molar-refractivity contribution in [1.29, 1.82) is 0 Å². The van der Waals surface area contributed by atoms with E-state index < -0.39 is 0 Å². The molecule has 0 aromatic heterocycles. The van der Waals surface area contributed by atoms with Gasteiger partial charge in [0, 0.05) is 18.9 Å². The van der Waals surface area contributed by atoms with Gasteiger partial charge in [-0.15, -0.1) is 0 Å². The molecule has 2 aromatic rings. The molecule has 0 bridgehead atoms. The van der Waals surface area contributed by atoms with Crippen molar-refractivity contribution in [3.05, 3.63) is 71.8 Å².